The predicted molar refractivity (Wildman–Crippen MR) is 57.5 cm³/mol. The van der Waals surface area contributed by atoms with E-state index in [0.717, 1.165) is 0 Å². The van der Waals surface area contributed by atoms with Crippen LogP contribution in [0.1, 0.15) is 19.8 Å². The summed E-state index contributed by atoms with van der Waals surface area (Å²) in [5, 5.41) is 4.96. The molecule has 0 aromatic carbocycles. The Labute approximate surface area is 98.1 Å². The average molecular weight is 241 g/mol. The molecule has 1 saturated heterocycles. The highest BCUT2D eigenvalue weighted by atomic mass is 16.2. The van der Waals surface area contributed by atoms with Gasteiger partial charge < -0.3 is 16.4 Å². The second-order valence-electron chi connectivity index (χ2n) is 3.99. The van der Waals surface area contributed by atoms with Crippen LogP contribution in [0.5, 0.6) is 0 Å². The van der Waals surface area contributed by atoms with E-state index in [1.165, 1.54) is 6.92 Å². The molecule has 0 radical (unpaired) electrons. The predicted octanol–water partition coefficient (Wildman–Crippen LogP) is -1.93. The van der Waals surface area contributed by atoms with Crippen LogP contribution < -0.4 is 16.4 Å². The summed E-state index contributed by atoms with van der Waals surface area (Å²) in [5.74, 6) is -2.96. The quantitative estimate of drug-likeness (QED) is 0.486. The summed E-state index contributed by atoms with van der Waals surface area (Å²) < 4.78 is 0. The molecule has 0 unspecified atom stereocenters. The van der Waals surface area contributed by atoms with Gasteiger partial charge in [0.15, 0.2) is 0 Å². The lowest BCUT2D eigenvalue weighted by molar-refractivity contribution is -0.138. The monoisotopic (exact) mass is 241 g/mol. The first kappa shape index (κ1) is 13.1. The molecule has 0 saturated carbocycles. The van der Waals surface area contributed by atoms with Crippen LogP contribution >= 0.6 is 0 Å². The third-order valence-electron chi connectivity index (χ3n) is 2.62. The van der Waals surface area contributed by atoms with Crippen molar-refractivity contribution in [1.82, 2.24) is 10.6 Å². The molecule has 1 aliphatic rings. The number of carbonyl (C=O) groups excluding carboxylic acids is 4. The number of amides is 3. The average Bonchev–Trinajstić information content (AvgIpc) is 2.61. The molecule has 1 rings (SSSR count). The molecule has 0 aliphatic carbocycles. The van der Waals surface area contributed by atoms with E-state index in [2.05, 4.69) is 10.6 Å². The highest BCUT2D eigenvalue weighted by molar-refractivity contribution is 6.37. The largest absolute Gasteiger partial charge is 0.363 e. The minimum absolute atomic E-state index is 0.104. The van der Waals surface area contributed by atoms with Crippen molar-refractivity contribution in [2.75, 3.05) is 6.54 Å². The van der Waals surface area contributed by atoms with Crippen molar-refractivity contribution in [1.29, 1.82) is 0 Å². The van der Waals surface area contributed by atoms with Crippen LogP contribution in [0.15, 0.2) is 0 Å². The first-order valence-electron chi connectivity index (χ1n) is 5.30. The van der Waals surface area contributed by atoms with Gasteiger partial charge in [0.05, 0.1) is 6.04 Å². The van der Waals surface area contributed by atoms with Gasteiger partial charge in [0.2, 0.25) is 17.6 Å². The smallest absolute Gasteiger partial charge is 0.287 e. The van der Waals surface area contributed by atoms with Crippen molar-refractivity contribution in [3.63, 3.8) is 0 Å². The number of rotatable bonds is 5. The van der Waals surface area contributed by atoms with Crippen LogP contribution in [0, 0.1) is 5.92 Å². The number of Topliss-reactive ketones (excluding diaryl/α,β-unsaturated/α-hetero) is 1. The zero-order chi connectivity index (χ0) is 13.0. The lowest BCUT2D eigenvalue weighted by Crippen LogP contribution is -2.46. The highest BCUT2D eigenvalue weighted by Crippen LogP contribution is 2.16. The third-order valence-corrected chi connectivity index (χ3v) is 2.62. The van der Waals surface area contributed by atoms with E-state index in [1.807, 2.05) is 0 Å². The maximum absolute atomic E-state index is 11.5. The van der Waals surface area contributed by atoms with Crippen LogP contribution in [-0.2, 0) is 19.2 Å². The van der Waals surface area contributed by atoms with Crippen molar-refractivity contribution in [3.8, 4) is 0 Å². The summed E-state index contributed by atoms with van der Waals surface area (Å²) in [4.78, 5) is 44.5. The van der Waals surface area contributed by atoms with Crippen molar-refractivity contribution >= 4 is 23.5 Å². The second kappa shape index (κ2) is 5.42. The Balaban J connectivity index is 2.69. The fraction of sp³-hybridized carbons (Fsp3) is 0.600. The van der Waals surface area contributed by atoms with E-state index in [0.29, 0.717) is 13.0 Å². The molecule has 0 bridgehead atoms. The molecule has 2 atom stereocenters. The lowest BCUT2D eigenvalue weighted by atomic mass is 9.95. The summed E-state index contributed by atoms with van der Waals surface area (Å²) in [5.41, 5.74) is 4.88. The number of nitrogens with two attached hydrogens (primary N) is 1. The SMILES string of the molecule is CC(=O)N[C@@H](C[C@@H]1CCNC1=O)C(=O)C(N)=O. The number of hydrogen-bond acceptors (Lipinski definition) is 4. The van der Waals surface area contributed by atoms with Crippen molar-refractivity contribution in [2.45, 2.75) is 25.8 Å². The van der Waals surface area contributed by atoms with Gasteiger partial charge in [-0.25, -0.2) is 0 Å². The van der Waals surface area contributed by atoms with Crippen LogP contribution in [-0.4, -0.2) is 36.1 Å². The van der Waals surface area contributed by atoms with E-state index in [4.69, 9.17) is 5.73 Å². The van der Waals surface area contributed by atoms with E-state index in [9.17, 15) is 19.2 Å². The summed E-state index contributed by atoms with van der Waals surface area (Å²) in [6.45, 7) is 1.77. The zero-order valence-corrected chi connectivity index (χ0v) is 9.49. The molecule has 1 fully saturated rings. The topological polar surface area (TPSA) is 118 Å². The molecule has 7 nitrogen and oxygen atoms in total. The Hall–Kier alpha value is -1.92. The zero-order valence-electron chi connectivity index (χ0n) is 9.49. The van der Waals surface area contributed by atoms with Gasteiger partial charge in [-0.15, -0.1) is 0 Å². The fourth-order valence-electron chi connectivity index (χ4n) is 1.80. The molecule has 0 aromatic heterocycles. The van der Waals surface area contributed by atoms with Gasteiger partial charge in [-0.2, -0.15) is 0 Å². The molecule has 1 aliphatic heterocycles. The standard InChI is InChI=1S/C10H15N3O4/c1-5(14)13-7(8(15)9(11)16)4-6-2-3-12-10(6)17/h6-7H,2-4H2,1H3,(H2,11,16)(H,12,17)(H,13,14)/t6-,7-/m0/s1. The number of primary amides is 1. The minimum atomic E-state index is -1.11. The Morgan fingerprint density at radius 2 is 2.18 bits per heavy atom. The van der Waals surface area contributed by atoms with Gasteiger partial charge in [-0.1, -0.05) is 0 Å². The summed E-state index contributed by atoms with van der Waals surface area (Å²) in [6, 6.07) is -1.01. The van der Waals surface area contributed by atoms with Crippen LogP contribution in [0.25, 0.3) is 0 Å². The molecule has 1 heterocycles. The highest BCUT2D eigenvalue weighted by Gasteiger charge is 2.32. The van der Waals surface area contributed by atoms with Gasteiger partial charge in [0.25, 0.3) is 5.91 Å². The van der Waals surface area contributed by atoms with Gasteiger partial charge in [0.1, 0.15) is 0 Å². The molecule has 17 heavy (non-hydrogen) atoms. The summed E-state index contributed by atoms with van der Waals surface area (Å²) >= 11 is 0. The third kappa shape index (κ3) is 3.54. The van der Waals surface area contributed by atoms with Gasteiger partial charge in [0, 0.05) is 19.4 Å². The molecule has 7 heteroatoms. The van der Waals surface area contributed by atoms with E-state index < -0.39 is 23.6 Å². The first-order valence-corrected chi connectivity index (χ1v) is 5.30. The maximum atomic E-state index is 11.5. The number of carbonyl (C=O) groups is 4. The molecule has 0 aromatic rings. The lowest BCUT2D eigenvalue weighted by Gasteiger charge is -2.17. The van der Waals surface area contributed by atoms with Crippen molar-refractivity contribution in [3.05, 3.63) is 0 Å². The van der Waals surface area contributed by atoms with Crippen LogP contribution in [0.4, 0.5) is 0 Å². The molecule has 94 valence electrons. The van der Waals surface area contributed by atoms with Gasteiger partial charge in [-0.3, -0.25) is 19.2 Å². The van der Waals surface area contributed by atoms with Crippen molar-refractivity contribution < 1.29 is 19.2 Å². The number of ketones is 1. The molecular formula is C10H15N3O4. The van der Waals surface area contributed by atoms with Crippen molar-refractivity contribution in [2.24, 2.45) is 11.7 Å². The Morgan fingerprint density at radius 1 is 1.53 bits per heavy atom. The van der Waals surface area contributed by atoms with E-state index >= 15 is 0 Å². The van der Waals surface area contributed by atoms with Gasteiger partial charge >= 0.3 is 0 Å². The number of nitrogens with one attached hydrogen (secondary N) is 2. The fourth-order valence-corrected chi connectivity index (χ4v) is 1.80. The molecular weight excluding hydrogens is 226 g/mol. The Bertz CT molecular complexity index is 367. The Morgan fingerprint density at radius 3 is 2.59 bits per heavy atom. The minimum Gasteiger partial charge on any atom is -0.363 e. The van der Waals surface area contributed by atoms with Crippen LogP contribution in [0.2, 0.25) is 0 Å². The molecule has 0 spiro atoms. The van der Waals surface area contributed by atoms with E-state index in [1.54, 1.807) is 0 Å². The molecule has 4 N–H and O–H groups in total. The first-order chi connectivity index (χ1) is 7.91. The van der Waals surface area contributed by atoms with Crippen LogP contribution in [0.3, 0.4) is 0 Å². The maximum Gasteiger partial charge on any atom is 0.287 e. The Kier molecular flexibility index (Phi) is 4.19. The van der Waals surface area contributed by atoms with E-state index in [-0.39, 0.29) is 18.2 Å². The normalized spacial score (nSPS) is 20.5. The summed E-state index contributed by atoms with van der Waals surface area (Å²) in [6.07, 6.45) is 0.689. The second-order valence-corrected chi connectivity index (χ2v) is 3.99. The summed E-state index contributed by atoms with van der Waals surface area (Å²) in [7, 11) is 0. The number of hydrogen-bond donors (Lipinski definition) is 3. The molecule has 3 amide bonds. The van der Waals surface area contributed by atoms with Gasteiger partial charge in [-0.05, 0) is 12.8 Å².